The summed E-state index contributed by atoms with van der Waals surface area (Å²) in [6.45, 7) is 2.64. The smallest absolute Gasteiger partial charge is 0.303 e. The molecular formula is C16H14N2O4. The van der Waals surface area contributed by atoms with Gasteiger partial charge in [-0.3, -0.25) is 19.6 Å². The topological polar surface area (TPSA) is 78.4 Å². The van der Waals surface area contributed by atoms with Crippen molar-refractivity contribution in [2.24, 2.45) is 0 Å². The molecule has 0 saturated heterocycles. The maximum absolute atomic E-state index is 11.5. The van der Waals surface area contributed by atoms with E-state index in [1.54, 1.807) is 36.7 Å². The van der Waals surface area contributed by atoms with Gasteiger partial charge in [0.1, 0.15) is 0 Å². The molecule has 0 spiro atoms. The van der Waals surface area contributed by atoms with Crippen LogP contribution in [-0.4, -0.2) is 21.9 Å². The normalized spacial score (nSPS) is 18.8. The van der Waals surface area contributed by atoms with E-state index in [-0.39, 0.29) is 0 Å². The average Bonchev–Trinajstić information content (AvgIpc) is 2.50. The number of aromatic nitrogens is 2. The van der Waals surface area contributed by atoms with Crippen molar-refractivity contribution < 1.29 is 19.1 Å². The summed E-state index contributed by atoms with van der Waals surface area (Å²) in [5.74, 6) is -0.909. The molecule has 2 heterocycles. The number of hydrogen-bond donors (Lipinski definition) is 0. The first kappa shape index (κ1) is 14.2. The largest absolute Gasteiger partial charge is 0.453 e. The van der Waals surface area contributed by atoms with E-state index in [2.05, 4.69) is 9.97 Å². The molecule has 0 aliphatic heterocycles. The first-order chi connectivity index (χ1) is 10.6. The average molecular weight is 298 g/mol. The van der Waals surface area contributed by atoms with Gasteiger partial charge in [-0.25, -0.2) is 0 Å². The highest BCUT2D eigenvalue weighted by Gasteiger charge is 2.39. The second-order valence-corrected chi connectivity index (χ2v) is 4.94. The third kappa shape index (κ3) is 2.43. The first-order valence-electron chi connectivity index (χ1n) is 6.82. The van der Waals surface area contributed by atoms with Crippen LogP contribution in [0.2, 0.25) is 0 Å². The number of carbonyl (C=O) groups excluding carboxylic acids is 2. The summed E-state index contributed by atoms with van der Waals surface area (Å²) >= 11 is 0. The summed E-state index contributed by atoms with van der Waals surface area (Å²) in [7, 11) is 0. The van der Waals surface area contributed by atoms with Gasteiger partial charge in [-0.1, -0.05) is 12.1 Å². The minimum Gasteiger partial charge on any atom is -0.453 e. The van der Waals surface area contributed by atoms with Crippen LogP contribution in [0.15, 0.2) is 36.7 Å². The quantitative estimate of drug-likeness (QED) is 0.792. The van der Waals surface area contributed by atoms with Crippen LogP contribution in [0.5, 0.6) is 0 Å². The van der Waals surface area contributed by atoms with Crippen LogP contribution < -0.4 is 0 Å². The molecule has 0 aromatic carbocycles. The van der Waals surface area contributed by atoms with Gasteiger partial charge in [-0.15, -0.1) is 0 Å². The number of carbonyl (C=O) groups is 2. The third-order valence-corrected chi connectivity index (χ3v) is 3.38. The van der Waals surface area contributed by atoms with Crippen LogP contribution in [-0.2, 0) is 19.1 Å². The van der Waals surface area contributed by atoms with E-state index in [0.29, 0.717) is 22.5 Å². The Morgan fingerprint density at radius 3 is 1.64 bits per heavy atom. The molecule has 0 fully saturated rings. The van der Waals surface area contributed by atoms with E-state index in [1.807, 2.05) is 0 Å². The number of fused-ring (bicyclic) bond motifs is 3. The number of pyridine rings is 2. The highest BCUT2D eigenvalue weighted by Crippen LogP contribution is 2.46. The van der Waals surface area contributed by atoms with Crippen molar-refractivity contribution in [1.82, 2.24) is 9.97 Å². The second kappa shape index (κ2) is 5.55. The van der Waals surface area contributed by atoms with Crippen LogP contribution in [0.25, 0.3) is 11.4 Å². The van der Waals surface area contributed by atoms with E-state index in [0.717, 1.165) is 0 Å². The molecule has 6 nitrogen and oxygen atoms in total. The summed E-state index contributed by atoms with van der Waals surface area (Å²) < 4.78 is 10.8. The fraction of sp³-hybridized carbons (Fsp3) is 0.250. The van der Waals surface area contributed by atoms with Gasteiger partial charge in [0.05, 0.1) is 11.4 Å². The van der Waals surface area contributed by atoms with Crippen LogP contribution >= 0.6 is 0 Å². The van der Waals surface area contributed by atoms with E-state index < -0.39 is 24.1 Å². The third-order valence-electron chi connectivity index (χ3n) is 3.38. The summed E-state index contributed by atoms with van der Waals surface area (Å²) in [5, 5.41) is 0. The lowest BCUT2D eigenvalue weighted by Crippen LogP contribution is -2.26. The number of nitrogens with zero attached hydrogens (tertiary/aromatic N) is 2. The van der Waals surface area contributed by atoms with Crippen molar-refractivity contribution >= 4 is 11.9 Å². The highest BCUT2D eigenvalue weighted by molar-refractivity contribution is 5.72. The van der Waals surface area contributed by atoms with E-state index in [4.69, 9.17) is 9.47 Å². The van der Waals surface area contributed by atoms with Gasteiger partial charge in [0.25, 0.3) is 0 Å². The van der Waals surface area contributed by atoms with Gasteiger partial charge >= 0.3 is 11.9 Å². The highest BCUT2D eigenvalue weighted by atomic mass is 16.6. The number of ether oxygens (including phenoxy) is 2. The van der Waals surface area contributed by atoms with Gasteiger partial charge in [-0.2, -0.15) is 0 Å². The molecule has 2 aromatic heterocycles. The predicted molar refractivity (Wildman–Crippen MR) is 76.5 cm³/mol. The van der Waals surface area contributed by atoms with Gasteiger partial charge in [0.2, 0.25) is 0 Å². The maximum atomic E-state index is 11.5. The Hall–Kier alpha value is -2.76. The lowest BCUT2D eigenvalue weighted by atomic mass is 9.87. The van der Waals surface area contributed by atoms with Crippen molar-refractivity contribution in [3.63, 3.8) is 0 Å². The van der Waals surface area contributed by atoms with Gasteiger partial charge in [-0.05, 0) is 12.1 Å². The molecule has 3 rings (SSSR count). The lowest BCUT2D eigenvalue weighted by molar-refractivity contribution is -0.167. The number of rotatable bonds is 2. The molecule has 2 aromatic rings. The first-order valence-corrected chi connectivity index (χ1v) is 6.82. The van der Waals surface area contributed by atoms with Crippen molar-refractivity contribution in [3.05, 3.63) is 47.8 Å². The summed E-state index contributed by atoms with van der Waals surface area (Å²) in [5.41, 5.74) is 2.62. The Morgan fingerprint density at radius 2 is 1.27 bits per heavy atom. The monoisotopic (exact) mass is 298 g/mol. The number of esters is 2. The fourth-order valence-electron chi connectivity index (χ4n) is 2.62. The molecule has 0 bridgehead atoms. The Morgan fingerprint density at radius 1 is 0.864 bits per heavy atom. The molecule has 0 radical (unpaired) electrons. The molecule has 22 heavy (non-hydrogen) atoms. The van der Waals surface area contributed by atoms with Crippen LogP contribution in [0.4, 0.5) is 0 Å². The molecule has 0 N–H and O–H groups in total. The Balaban J connectivity index is 2.19. The zero-order chi connectivity index (χ0) is 15.7. The van der Waals surface area contributed by atoms with E-state index in [9.17, 15) is 9.59 Å². The molecule has 0 unspecified atom stereocenters. The van der Waals surface area contributed by atoms with E-state index in [1.165, 1.54) is 13.8 Å². The van der Waals surface area contributed by atoms with Crippen molar-refractivity contribution in [1.29, 1.82) is 0 Å². The zero-order valence-electron chi connectivity index (χ0n) is 12.1. The Labute approximate surface area is 127 Å². The maximum Gasteiger partial charge on any atom is 0.303 e. The van der Waals surface area contributed by atoms with Crippen LogP contribution in [0, 0.1) is 0 Å². The summed E-state index contributed by atoms with van der Waals surface area (Å²) in [6, 6.07) is 7.08. The van der Waals surface area contributed by atoms with E-state index >= 15 is 0 Å². The van der Waals surface area contributed by atoms with Crippen LogP contribution in [0.3, 0.4) is 0 Å². The molecule has 1 aliphatic carbocycles. The molecule has 2 atom stereocenters. The molecule has 0 saturated carbocycles. The molecule has 1 aliphatic rings. The summed E-state index contributed by atoms with van der Waals surface area (Å²) in [6.07, 6.45) is 1.83. The molecule has 112 valence electrons. The van der Waals surface area contributed by atoms with Crippen molar-refractivity contribution in [3.8, 4) is 11.4 Å². The predicted octanol–water partition coefficient (Wildman–Crippen LogP) is 2.37. The molecule has 6 heteroatoms. The molecular weight excluding hydrogens is 284 g/mol. The van der Waals surface area contributed by atoms with Crippen molar-refractivity contribution in [2.75, 3.05) is 0 Å². The molecule has 0 amide bonds. The SMILES string of the molecule is CC(=O)O[C@H]1c2cccnc2-c2ncccc2[C@@H]1OC(C)=O. The zero-order valence-corrected chi connectivity index (χ0v) is 12.1. The number of hydrogen-bond acceptors (Lipinski definition) is 6. The van der Waals surface area contributed by atoms with Crippen LogP contribution in [0.1, 0.15) is 37.2 Å². The summed E-state index contributed by atoms with van der Waals surface area (Å²) in [4.78, 5) is 31.6. The standard InChI is InChI=1S/C16H14N2O4/c1-9(19)21-15-11-5-3-7-17-13(11)14-12(6-4-8-18-14)16(15)22-10(2)20/h3-8,15-16H,1-2H3/t15-,16-/m0/s1. The van der Waals surface area contributed by atoms with Gasteiger partial charge in [0, 0.05) is 37.4 Å². The lowest BCUT2D eigenvalue weighted by Gasteiger charge is -2.32. The van der Waals surface area contributed by atoms with Gasteiger partial charge in [0.15, 0.2) is 12.2 Å². The second-order valence-electron chi connectivity index (χ2n) is 4.94. The van der Waals surface area contributed by atoms with Gasteiger partial charge < -0.3 is 9.47 Å². The Kier molecular flexibility index (Phi) is 3.58. The Bertz CT molecular complexity index is 681. The minimum absolute atomic E-state index is 0.454. The minimum atomic E-state index is -0.734. The van der Waals surface area contributed by atoms with Crippen molar-refractivity contribution in [2.45, 2.75) is 26.1 Å². The fourth-order valence-corrected chi connectivity index (χ4v) is 2.62.